The Bertz CT molecular complexity index is 965. The van der Waals surface area contributed by atoms with Crippen LogP contribution >= 0.6 is 11.3 Å². The number of rotatable bonds is 9. The van der Waals surface area contributed by atoms with Gasteiger partial charge in [0, 0.05) is 35.8 Å². The number of amides is 1. The quantitative estimate of drug-likeness (QED) is 0.538. The monoisotopic (exact) mass is 414 g/mol. The van der Waals surface area contributed by atoms with Crippen LogP contribution in [0.15, 0.2) is 42.5 Å². The van der Waals surface area contributed by atoms with Gasteiger partial charge in [-0.1, -0.05) is 44.2 Å². The minimum absolute atomic E-state index is 0.198. The largest absolute Gasteiger partial charge is 0.380 e. The van der Waals surface area contributed by atoms with Gasteiger partial charge in [0.25, 0.3) is 5.91 Å². The Morgan fingerprint density at radius 2 is 1.79 bits per heavy atom. The Morgan fingerprint density at radius 3 is 2.45 bits per heavy atom. The van der Waals surface area contributed by atoms with Crippen LogP contribution < -0.4 is 5.32 Å². The molecule has 3 rings (SSSR count). The van der Waals surface area contributed by atoms with E-state index >= 15 is 0 Å². The molecule has 29 heavy (non-hydrogen) atoms. The Morgan fingerprint density at radius 1 is 1.10 bits per heavy atom. The molecular formula is C23H27FN2O2S. The fourth-order valence-electron chi connectivity index (χ4n) is 3.36. The van der Waals surface area contributed by atoms with E-state index in [0.29, 0.717) is 22.4 Å². The average Bonchev–Trinajstić information content (AvgIpc) is 3.11. The third kappa shape index (κ3) is 5.01. The lowest BCUT2D eigenvalue weighted by atomic mass is 10.1. The van der Waals surface area contributed by atoms with Gasteiger partial charge in [0.05, 0.1) is 11.5 Å². The van der Waals surface area contributed by atoms with E-state index in [1.54, 1.807) is 13.2 Å². The number of carbonyl (C=O) groups excluding carboxylic acids is 1. The van der Waals surface area contributed by atoms with Crippen molar-refractivity contribution in [3.05, 3.63) is 69.8 Å². The molecule has 154 valence electrons. The van der Waals surface area contributed by atoms with Gasteiger partial charge in [0.1, 0.15) is 5.82 Å². The first-order valence-corrected chi connectivity index (χ1v) is 10.7. The molecule has 1 amide bonds. The van der Waals surface area contributed by atoms with Gasteiger partial charge < -0.3 is 10.1 Å². The molecule has 0 saturated heterocycles. The summed E-state index contributed by atoms with van der Waals surface area (Å²) in [6, 6.07) is 13.2. The third-order valence-electron chi connectivity index (χ3n) is 5.03. The van der Waals surface area contributed by atoms with E-state index in [4.69, 9.17) is 4.74 Å². The Kier molecular flexibility index (Phi) is 7.36. The van der Waals surface area contributed by atoms with Gasteiger partial charge in [-0.05, 0) is 36.3 Å². The molecule has 1 N–H and O–H groups in total. The van der Waals surface area contributed by atoms with Gasteiger partial charge in [0.15, 0.2) is 0 Å². The first kappa shape index (κ1) is 21.4. The van der Waals surface area contributed by atoms with Gasteiger partial charge in [0.2, 0.25) is 0 Å². The summed E-state index contributed by atoms with van der Waals surface area (Å²) in [7, 11) is 1.55. The zero-order valence-electron chi connectivity index (χ0n) is 17.1. The molecule has 4 nitrogen and oxygen atoms in total. The molecule has 1 heterocycles. The van der Waals surface area contributed by atoms with Crippen LogP contribution in [0.25, 0.3) is 10.1 Å². The van der Waals surface area contributed by atoms with Crippen molar-refractivity contribution >= 4 is 27.3 Å². The molecule has 0 radical (unpaired) electrons. The number of ether oxygens (including phenoxy) is 1. The maximum Gasteiger partial charge on any atom is 0.262 e. The van der Waals surface area contributed by atoms with Gasteiger partial charge in [-0.3, -0.25) is 9.69 Å². The number of fused-ring (bicyclic) bond motifs is 1. The van der Waals surface area contributed by atoms with E-state index in [1.165, 1.54) is 23.0 Å². The average molecular weight is 415 g/mol. The van der Waals surface area contributed by atoms with Crippen molar-refractivity contribution < 1.29 is 13.9 Å². The molecule has 0 spiro atoms. The van der Waals surface area contributed by atoms with E-state index in [2.05, 4.69) is 36.2 Å². The highest BCUT2D eigenvalue weighted by Gasteiger charge is 2.20. The second kappa shape index (κ2) is 9.96. The number of benzene rings is 2. The number of carbonyl (C=O) groups is 1. The summed E-state index contributed by atoms with van der Waals surface area (Å²) < 4.78 is 20.3. The second-order valence-corrected chi connectivity index (χ2v) is 7.97. The summed E-state index contributed by atoms with van der Waals surface area (Å²) in [5.74, 6) is -0.529. The molecule has 2 aromatic carbocycles. The number of nitrogens with one attached hydrogen (secondary N) is 1. The molecule has 0 aliphatic heterocycles. The summed E-state index contributed by atoms with van der Waals surface area (Å²) in [5, 5.41) is 3.44. The summed E-state index contributed by atoms with van der Waals surface area (Å²) >= 11 is 1.30. The minimum atomic E-state index is -0.325. The molecule has 0 aliphatic rings. The van der Waals surface area contributed by atoms with E-state index in [0.717, 1.165) is 29.9 Å². The van der Waals surface area contributed by atoms with Crippen LogP contribution in [-0.2, 0) is 24.4 Å². The highest BCUT2D eigenvalue weighted by Crippen LogP contribution is 2.33. The number of thiophene rings is 1. The summed E-state index contributed by atoms with van der Waals surface area (Å²) in [5.41, 5.74) is 2.89. The molecule has 0 bridgehead atoms. The third-order valence-corrected chi connectivity index (χ3v) is 6.23. The zero-order chi connectivity index (χ0) is 20.8. The van der Waals surface area contributed by atoms with Crippen molar-refractivity contribution in [3.63, 3.8) is 0 Å². The lowest BCUT2D eigenvalue weighted by molar-refractivity contribution is 0.0950. The maximum absolute atomic E-state index is 14.3. The minimum Gasteiger partial charge on any atom is -0.380 e. The topological polar surface area (TPSA) is 41.6 Å². The normalized spacial score (nSPS) is 11.3. The van der Waals surface area contributed by atoms with Gasteiger partial charge in [-0.2, -0.15) is 0 Å². The first-order chi connectivity index (χ1) is 14.1. The summed E-state index contributed by atoms with van der Waals surface area (Å²) in [6.07, 6.45) is 0. The maximum atomic E-state index is 14.3. The summed E-state index contributed by atoms with van der Waals surface area (Å²) in [4.78, 5) is 15.7. The van der Waals surface area contributed by atoms with Gasteiger partial charge >= 0.3 is 0 Å². The Balaban J connectivity index is 1.71. The molecule has 0 atom stereocenters. The second-order valence-electron chi connectivity index (χ2n) is 6.92. The van der Waals surface area contributed by atoms with Crippen molar-refractivity contribution in [2.45, 2.75) is 33.5 Å². The summed E-state index contributed by atoms with van der Waals surface area (Å²) in [6.45, 7) is 7.91. The van der Waals surface area contributed by atoms with E-state index < -0.39 is 0 Å². The van der Waals surface area contributed by atoms with Crippen molar-refractivity contribution in [1.29, 1.82) is 0 Å². The van der Waals surface area contributed by atoms with Crippen LogP contribution in [0.3, 0.4) is 0 Å². The molecule has 0 aliphatic carbocycles. The fraction of sp³-hybridized carbons (Fsp3) is 0.348. The van der Waals surface area contributed by atoms with Gasteiger partial charge in [-0.15, -0.1) is 11.3 Å². The molecule has 0 unspecified atom stereocenters. The Labute approximate surface area is 175 Å². The molecular weight excluding hydrogens is 387 g/mol. The van der Waals surface area contributed by atoms with Crippen molar-refractivity contribution in [2.75, 3.05) is 20.2 Å². The highest BCUT2D eigenvalue weighted by molar-refractivity contribution is 7.21. The van der Waals surface area contributed by atoms with Gasteiger partial charge in [-0.25, -0.2) is 4.39 Å². The fourth-order valence-corrected chi connectivity index (χ4v) is 4.50. The van der Waals surface area contributed by atoms with Crippen molar-refractivity contribution in [2.24, 2.45) is 0 Å². The van der Waals surface area contributed by atoms with Crippen LogP contribution in [0, 0.1) is 5.82 Å². The lowest BCUT2D eigenvalue weighted by Gasteiger charge is -2.18. The molecule has 1 aromatic heterocycles. The molecule has 0 fully saturated rings. The van der Waals surface area contributed by atoms with E-state index in [-0.39, 0.29) is 18.3 Å². The number of hydrogen-bond donors (Lipinski definition) is 1. The molecule has 0 saturated carbocycles. The predicted octanol–water partition coefficient (Wildman–Crippen LogP) is 4.96. The smallest absolute Gasteiger partial charge is 0.262 e. The van der Waals surface area contributed by atoms with Crippen molar-refractivity contribution in [1.82, 2.24) is 10.2 Å². The molecule has 3 aromatic rings. The number of halogens is 1. The Hall–Kier alpha value is -2.28. The van der Waals surface area contributed by atoms with E-state index in [1.807, 2.05) is 18.2 Å². The van der Waals surface area contributed by atoms with E-state index in [9.17, 15) is 9.18 Å². The van der Waals surface area contributed by atoms with Crippen LogP contribution in [0.1, 0.15) is 40.2 Å². The number of methoxy groups -OCH3 is 1. The SMILES string of the molecule is CCN(CC)Cc1ccc(CNC(=O)c2sc3cccc(F)c3c2COC)cc1. The predicted molar refractivity (Wildman–Crippen MR) is 117 cm³/mol. The lowest BCUT2D eigenvalue weighted by Crippen LogP contribution is -2.23. The van der Waals surface area contributed by atoms with Crippen molar-refractivity contribution in [3.8, 4) is 0 Å². The standard InChI is InChI=1S/C23H27FN2O2S/c1-4-26(5-2)14-17-11-9-16(10-12-17)13-25-23(27)22-18(15-28-3)21-19(24)7-6-8-20(21)29-22/h6-12H,4-5,13-15H2,1-3H3,(H,25,27). The zero-order valence-corrected chi connectivity index (χ0v) is 17.9. The van der Waals surface area contributed by atoms with Crippen LogP contribution in [-0.4, -0.2) is 31.0 Å². The first-order valence-electron chi connectivity index (χ1n) is 9.84. The number of hydrogen-bond acceptors (Lipinski definition) is 4. The molecule has 6 heteroatoms. The number of nitrogens with zero attached hydrogens (tertiary/aromatic N) is 1. The van der Waals surface area contributed by atoms with Crippen LogP contribution in [0.4, 0.5) is 4.39 Å². The van der Waals surface area contributed by atoms with Crippen LogP contribution in [0.2, 0.25) is 0 Å². The van der Waals surface area contributed by atoms with Crippen LogP contribution in [0.5, 0.6) is 0 Å². The highest BCUT2D eigenvalue weighted by atomic mass is 32.1.